The van der Waals surface area contributed by atoms with E-state index < -0.39 is 0 Å². The monoisotopic (exact) mass is 357 g/mol. The average molecular weight is 357 g/mol. The van der Waals surface area contributed by atoms with E-state index in [0.717, 1.165) is 35.2 Å². The van der Waals surface area contributed by atoms with Crippen LogP contribution in [0, 0.1) is 6.92 Å². The fourth-order valence-electron chi connectivity index (χ4n) is 3.11. The predicted molar refractivity (Wildman–Crippen MR) is 92.8 cm³/mol. The molecule has 0 bridgehead atoms. The highest BCUT2D eigenvalue weighted by Gasteiger charge is 2.30. The van der Waals surface area contributed by atoms with Crippen LogP contribution in [0.5, 0.6) is 0 Å². The summed E-state index contributed by atoms with van der Waals surface area (Å²) in [4.78, 5) is 23.7. The minimum absolute atomic E-state index is 0.0326. The Morgan fingerprint density at radius 1 is 1.52 bits per heavy atom. The highest BCUT2D eigenvalue weighted by molar-refractivity contribution is 7.09. The third-order valence-corrected chi connectivity index (χ3v) is 5.09. The second-order valence-corrected chi connectivity index (χ2v) is 7.19. The van der Waals surface area contributed by atoms with Gasteiger partial charge in [-0.25, -0.2) is 9.97 Å². The van der Waals surface area contributed by atoms with Crippen LogP contribution < -0.4 is 5.32 Å². The van der Waals surface area contributed by atoms with Crippen molar-refractivity contribution in [3.05, 3.63) is 58.5 Å². The van der Waals surface area contributed by atoms with Gasteiger partial charge in [0.25, 0.3) is 0 Å². The molecule has 0 spiro atoms. The second kappa shape index (κ2) is 6.81. The minimum Gasteiger partial charge on any atom is -0.467 e. The van der Waals surface area contributed by atoms with Crippen molar-refractivity contribution in [3.8, 4) is 0 Å². The number of aromatic nitrogens is 3. The Labute approximate surface area is 149 Å². The molecule has 0 unspecified atom stereocenters. The number of carbonyl (C=O) groups excluding carboxylic acids is 1. The summed E-state index contributed by atoms with van der Waals surface area (Å²) in [7, 11) is 0. The Morgan fingerprint density at radius 3 is 3.20 bits per heavy atom. The van der Waals surface area contributed by atoms with E-state index in [1.54, 1.807) is 23.9 Å². The minimum atomic E-state index is -0.305. The summed E-state index contributed by atoms with van der Waals surface area (Å²) in [5.74, 6) is 0.708. The molecule has 3 aromatic rings. The average Bonchev–Trinajstić information content (AvgIpc) is 3.33. The lowest BCUT2D eigenvalue weighted by atomic mass is 10.1. The SMILES string of the molecule is Cc1nc(CN2Cc3cncn3[C@@H](C(=O)NCc3ccco3)C2)cs1. The van der Waals surface area contributed by atoms with Gasteiger partial charge in [0.15, 0.2) is 0 Å². The maximum absolute atomic E-state index is 12.7. The summed E-state index contributed by atoms with van der Waals surface area (Å²) >= 11 is 1.65. The molecule has 4 heterocycles. The quantitative estimate of drug-likeness (QED) is 0.757. The number of hydrogen-bond donors (Lipinski definition) is 1. The number of rotatable bonds is 5. The van der Waals surface area contributed by atoms with E-state index in [9.17, 15) is 4.79 Å². The van der Waals surface area contributed by atoms with Crippen LogP contribution in [-0.4, -0.2) is 31.9 Å². The number of thiazole rings is 1. The summed E-state index contributed by atoms with van der Waals surface area (Å²) in [6, 6.07) is 3.36. The first kappa shape index (κ1) is 16.0. The smallest absolute Gasteiger partial charge is 0.244 e. The predicted octanol–water partition coefficient (Wildman–Crippen LogP) is 2.11. The van der Waals surface area contributed by atoms with Crippen LogP contribution >= 0.6 is 11.3 Å². The molecular formula is C17H19N5O2S. The molecular weight excluding hydrogens is 338 g/mol. The molecule has 1 aliphatic rings. The summed E-state index contributed by atoms with van der Waals surface area (Å²) in [5.41, 5.74) is 2.08. The summed E-state index contributed by atoms with van der Waals surface area (Å²) in [6.45, 7) is 4.52. The van der Waals surface area contributed by atoms with E-state index in [2.05, 4.69) is 25.6 Å². The van der Waals surface area contributed by atoms with Crippen LogP contribution in [0.4, 0.5) is 0 Å². The molecule has 3 aromatic heterocycles. The van der Waals surface area contributed by atoms with Crippen molar-refractivity contribution in [2.24, 2.45) is 0 Å². The van der Waals surface area contributed by atoms with Crippen LogP contribution in [0.25, 0.3) is 0 Å². The molecule has 4 rings (SSSR count). The molecule has 0 saturated heterocycles. The molecule has 0 fully saturated rings. The third-order valence-electron chi connectivity index (χ3n) is 4.27. The highest BCUT2D eigenvalue weighted by atomic mass is 32.1. The van der Waals surface area contributed by atoms with E-state index >= 15 is 0 Å². The van der Waals surface area contributed by atoms with Gasteiger partial charge in [0, 0.05) is 31.2 Å². The Balaban J connectivity index is 1.47. The summed E-state index contributed by atoms with van der Waals surface area (Å²) in [6.07, 6.45) is 5.16. The maximum Gasteiger partial charge on any atom is 0.244 e. The molecule has 1 N–H and O–H groups in total. The third kappa shape index (κ3) is 3.49. The van der Waals surface area contributed by atoms with Gasteiger partial charge < -0.3 is 14.3 Å². The molecule has 1 atom stereocenters. The standard InChI is InChI=1S/C17H19N5O2S/c1-12-20-13(10-25-12)7-21-8-14-5-18-11-22(14)16(9-21)17(23)19-6-15-3-2-4-24-15/h2-5,10-11,16H,6-9H2,1H3,(H,19,23)/t16-/m1/s1. The molecule has 8 heteroatoms. The Kier molecular flexibility index (Phi) is 4.37. The largest absolute Gasteiger partial charge is 0.467 e. The first-order valence-corrected chi connectivity index (χ1v) is 9.01. The number of nitrogens with one attached hydrogen (secondary N) is 1. The normalized spacial score (nSPS) is 17.4. The number of hydrogen-bond acceptors (Lipinski definition) is 6. The van der Waals surface area contributed by atoms with E-state index in [1.165, 1.54) is 0 Å². The number of aryl methyl sites for hydroxylation is 1. The molecule has 0 radical (unpaired) electrons. The van der Waals surface area contributed by atoms with E-state index in [4.69, 9.17) is 4.42 Å². The number of fused-ring (bicyclic) bond motifs is 1. The molecule has 130 valence electrons. The van der Waals surface area contributed by atoms with Gasteiger partial charge in [-0.2, -0.15) is 0 Å². The van der Waals surface area contributed by atoms with Crippen molar-refractivity contribution in [1.29, 1.82) is 0 Å². The van der Waals surface area contributed by atoms with Crippen LogP contribution in [0.15, 0.2) is 40.7 Å². The highest BCUT2D eigenvalue weighted by Crippen LogP contribution is 2.23. The van der Waals surface area contributed by atoms with E-state index in [1.807, 2.05) is 29.8 Å². The maximum atomic E-state index is 12.7. The number of nitrogens with zero attached hydrogens (tertiary/aromatic N) is 4. The first-order chi connectivity index (χ1) is 12.2. The van der Waals surface area contributed by atoms with E-state index in [-0.39, 0.29) is 11.9 Å². The van der Waals surface area contributed by atoms with Crippen molar-refractivity contribution >= 4 is 17.2 Å². The lowest BCUT2D eigenvalue weighted by Crippen LogP contribution is -2.44. The van der Waals surface area contributed by atoms with Gasteiger partial charge in [0.2, 0.25) is 5.91 Å². The van der Waals surface area contributed by atoms with Crippen molar-refractivity contribution in [2.75, 3.05) is 6.54 Å². The van der Waals surface area contributed by atoms with Crippen LogP contribution in [-0.2, 0) is 24.4 Å². The topological polar surface area (TPSA) is 76.2 Å². The van der Waals surface area contributed by atoms with Crippen LogP contribution in [0.2, 0.25) is 0 Å². The van der Waals surface area contributed by atoms with Gasteiger partial charge in [-0.15, -0.1) is 11.3 Å². The lowest BCUT2D eigenvalue weighted by Gasteiger charge is -2.33. The fraction of sp³-hybridized carbons (Fsp3) is 0.353. The van der Waals surface area contributed by atoms with Crippen LogP contribution in [0.3, 0.4) is 0 Å². The molecule has 0 aliphatic carbocycles. The van der Waals surface area contributed by atoms with Crippen LogP contribution in [0.1, 0.15) is 28.2 Å². The molecule has 1 aliphatic heterocycles. The van der Waals surface area contributed by atoms with Gasteiger partial charge >= 0.3 is 0 Å². The number of furan rings is 1. The summed E-state index contributed by atoms with van der Waals surface area (Å²) < 4.78 is 7.24. The van der Waals surface area contributed by atoms with Crippen molar-refractivity contribution in [2.45, 2.75) is 32.6 Å². The Bertz CT molecular complexity index is 854. The molecule has 0 aromatic carbocycles. The van der Waals surface area contributed by atoms with Gasteiger partial charge in [-0.3, -0.25) is 9.69 Å². The number of amides is 1. The Hall–Kier alpha value is -2.45. The van der Waals surface area contributed by atoms with Gasteiger partial charge in [-0.1, -0.05) is 0 Å². The second-order valence-electron chi connectivity index (χ2n) is 6.13. The van der Waals surface area contributed by atoms with Gasteiger partial charge in [0.05, 0.1) is 35.5 Å². The fourth-order valence-corrected chi connectivity index (χ4v) is 3.71. The molecule has 1 amide bonds. The number of carbonyl (C=O) groups is 1. The molecule has 25 heavy (non-hydrogen) atoms. The van der Waals surface area contributed by atoms with Gasteiger partial charge in [0.1, 0.15) is 11.8 Å². The zero-order valence-corrected chi connectivity index (χ0v) is 14.7. The first-order valence-electron chi connectivity index (χ1n) is 8.13. The van der Waals surface area contributed by atoms with Crippen molar-refractivity contribution in [3.63, 3.8) is 0 Å². The zero-order valence-electron chi connectivity index (χ0n) is 13.9. The Morgan fingerprint density at radius 2 is 2.44 bits per heavy atom. The number of imidazole rings is 1. The molecule has 0 saturated carbocycles. The summed E-state index contributed by atoms with van der Waals surface area (Å²) in [5, 5.41) is 6.09. The van der Waals surface area contributed by atoms with Crippen molar-refractivity contribution < 1.29 is 9.21 Å². The van der Waals surface area contributed by atoms with E-state index in [0.29, 0.717) is 13.1 Å². The van der Waals surface area contributed by atoms with Crippen molar-refractivity contribution in [1.82, 2.24) is 24.8 Å². The zero-order chi connectivity index (χ0) is 17.2. The molecule has 7 nitrogen and oxygen atoms in total. The lowest BCUT2D eigenvalue weighted by molar-refractivity contribution is -0.126. The van der Waals surface area contributed by atoms with Gasteiger partial charge in [-0.05, 0) is 19.1 Å².